The third kappa shape index (κ3) is 16.2. The molecule has 1 amide bonds. The maximum absolute atomic E-state index is 11.8. The van der Waals surface area contributed by atoms with Gasteiger partial charge in [-0.15, -0.1) is 0 Å². The largest absolute Gasteiger partial charge is 0.464 e. The van der Waals surface area contributed by atoms with E-state index in [0.717, 1.165) is 12.8 Å². The van der Waals surface area contributed by atoms with Crippen molar-refractivity contribution in [3.05, 3.63) is 0 Å². The Hall–Kier alpha value is -1.26. The van der Waals surface area contributed by atoms with Gasteiger partial charge in [-0.05, 0) is 18.8 Å². The number of hydrogen-bond donors (Lipinski definition) is 1. The van der Waals surface area contributed by atoms with Crippen LogP contribution in [0.2, 0.25) is 0 Å². The second kappa shape index (κ2) is 14.9. The highest BCUT2D eigenvalue weighted by Gasteiger charge is 2.19. The maximum Gasteiger partial charge on any atom is 0.407 e. The molecule has 0 bridgehead atoms. The molecule has 0 aliphatic carbocycles. The number of nitrogens with one attached hydrogen (secondary N) is 1. The van der Waals surface area contributed by atoms with E-state index < -0.39 is 18.1 Å². The molecule has 1 atom stereocenters. The molecule has 0 saturated heterocycles. The van der Waals surface area contributed by atoms with Gasteiger partial charge >= 0.3 is 12.1 Å². The van der Waals surface area contributed by atoms with Crippen molar-refractivity contribution in [3.63, 3.8) is 0 Å². The van der Waals surface area contributed by atoms with E-state index in [0.29, 0.717) is 13.2 Å². The predicted octanol–water partition coefficient (Wildman–Crippen LogP) is 5.61. The van der Waals surface area contributed by atoms with Crippen LogP contribution in [-0.4, -0.2) is 31.3 Å². The summed E-state index contributed by atoms with van der Waals surface area (Å²) in [7, 11) is 0. The van der Waals surface area contributed by atoms with Crippen LogP contribution < -0.4 is 5.32 Å². The third-order valence-electron chi connectivity index (χ3n) is 4.07. The number of carbonyl (C=O) groups is 2. The molecule has 0 aromatic heterocycles. The number of amides is 1. The molecule has 0 aromatic carbocycles. The standard InChI is InChI=1S/C21H41NO4/c1-6-7-8-9-10-11-12-13-14-15-16-25-19(23)18(2)22-20(24)26-17-21(3,4)5/h18H,6-17H2,1-5H3,(H,22,24)/t18-/m0/s1. The number of rotatable bonds is 14. The normalized spacial score (nSPS) is 12.5. The Kier molecular flexibility index (Phi) is 14.1. The summed E-state index contributed by atoms with van der Waals surface area (Å²) in [4.78, 5) is 23.5. The van der Waals surface area contributed by atoms with Crippen molar-refractivity contribution < 1.29 is 19.1 Å². The Morgan fingerprint density at radius 3 is 1.85 bits per heavy atom. The highest BCUT2D eigenvalue weighted by Crippen LogP contribution is 2.13. The van der Waals surface area contributed by atoms with Crippen LogP contribution in [0.15, 0.2) is 0 Å². The fourth-order valence-corrected chi connectivity index (χ4v) is 2.45. The lowest BCUT2D eigenvalue weighted by atomic mass is 9.99. The quantitative estimate of drug-likeness (QED) is 0.318. The fourth-order valence-electron chi connectivity index (χ4n) is 2.45. The summed E-state index contributed by atoms with van der Waals surface area (Å²) in [5.41, 5.74) is -0.101. The lowest BCUT2D eigenvalue weighted by Gasteiger charge is -2.19. The van der Waals surface area contributed by atoms with Crippen molar-refractivity contribution in [1.29, 1.82) is 0 Å². The molecule has 0 saturated carbocycles. The second-order valence-electron chi connectivity index (χ2n) is 8.35. The van der Waals surface area contributed by atoms with Crippen LogP contribution >= 0.6 is 0 Å². The average molecular weight is 372 g/mol. The summed E-state index contributed by atoms with van der Waals surface area (Å²) >= 11 is 0. The lowest BCUT2D eigenvalue weighted by Crippen LogP contribution is -2.40. The van der Waals surface area contributed by atoms with Crippen molar-refractivity contribution in [3.8, 4) is 0 Å². The third-order valence-corrected chi connectivity index (χ3v) is 4.07. The summed E-state index contributed by atoms with van der Waals surface area (Å²) in [5.74, 6) is -0.409. The number of ether oxygens (including phenoxy) is 2. The van der Waals surface area contributed by atoms with Crippen LogP contribution in [0.5, 0.6) is 0 Å². The van der Waals surface area contributed by atoms with Gasteiger partial charge in [0.2, 0.25) is 0 Å². The van der Waals surface area contributed by atoms with Crippen molar-refractivity contribution in [2.24, 2.45) is 5.41 Å². The fraction of sp³-hybridized carbons (Fsp3) is 0.905. The van der Waals surface area contributed by atoms with Crippen LogP contribution in [0.25, 0.3) is 0 Å². The van der Waals surface area contributed by atoms with Gasteiger partial charge < -0.3 is 14.8 Å². The molecule has 5 heteroatoms. The Labute approximate surface area is 160 Å². The van der Waals surface area contributed by atoms with Crippen molar-refractivity contribution in [2.45, 2.75) is 105 Å². The molecule has 154 valence electrons. The van der Waals surface area contributed by atoms with Gasteiger partial charge in [-0.1, -0.05) is 85.5 Å². The van der Waals surface area contributed by atoms with Gasteiger partial charge in [0.25, 0.3) is 0 Å². The first-order valence-corrected chi connectivity index (χ1v) is 10.4. The SMILES string of the molecule is CCCCCCCCCCCCOC(=O)[C@H](C)NC(=O)OCC(C)(C)C. The molecule has 1 N–H and O–H groups in total. The average Bonchev–Trinajstić information content (AvgIpc) is 2.57. The van der Waals surface area contributed by atoms with E-state index in [1.54, 1.807) is 6.92 Å². The van der Waals surface area contributed by atoms with Gasteiger partial charge in [-0.2, -0.15) is 0 Å². The monoisotopic (exact) mass is 371 g/mol. The summed E-state index contributed by atoms with van der Waals surface area (Å²) in [6.45, 7) is 10.5. The number of hydrogen-bond acceptors (Lipinski definition) is 4. The van der Waals surface area contributed by atoms with Crippen LogP contribution in [-0.2, 0) is 14.3 Å². The second-order valence-corrected chi connectivity index (χ2v) is 8.35. The van der Waals surface area contributed by atoms with E-state index in [1.165, 1.54) is 51.4 Å². The van der Waals surface area contributed by atoms with E-state index in [1.807, 2.05) is 20.8 Å². The van der Waals surface area contributed by atoms with E-state index in [4.69, 9.17) is 9.47 Å². The van der Waals surface area contributed by atoms with E-state index in [-0.39, 0.29) is 5.41 Å². The first-order chi connectivity index (χ1) is 12.3. The first-order valence-electron chi connectivity index (χ1n) is 10.4. The van der Waals surface area contributed by atoms with Crippen LogP contribution in [0, 0.1) is 5.41 Å². The van der Waals surface area contributed by atoms with Gasteiger partial charge in [-0.3, -0.25) is 0 Å². The minimum atomic E-state index is -0.689. The zero-order valence-corrected chi connectivity index (χ0v) is 17.7. The first kappa shape index (κ1) is 24.7. The molecule has 0 heterocycles. The van der Waals surface area contributed by atoms with Crippen LogP contribution in [0.4, 0.5) is 4.79 Å². The van der Waals surface area contributed by atoms with Gasteiger partial charge in [0.15, 0.2) is 0 Å². The molecule has 0 unspecified atom stereocenters. The molecular weight excluding hydrogens is 330 g/mol. The van der Waals surface area contributed by atoms with Gasteiger partial charge in [0.1, 0.15) is 6.04 Å². The Morgan fingerprint density at radius 2 is 1.35 bits per heavy atom. The number of carbonyl (C=O) groups excluding carboxylic acids is 2. The molecule has 0 spiro atoms. The Bertz CT molecular complexity index is 377. The summed E-state index contributed by atoms with van der Waals surface area (Å²) in [5, 5.41) is 2.51. The smallest absolute Gasteiger partial charge is 0.407 e. The topological polar surface area (TPSA) is 64.6 Å². The zero-order chi connectivity index (χ0) is 19.8. The molecule has 5 nitrogen and oxygen atoms in total. The summed E-state index contributed by atoms with van der Waals surface area (Å²) < 4.78 is 10.3. The molecule has 0 rings (SSSR count). The van der Waals surface area contributed by atoms with Gasteiger partial charge in [0.05, 0.1) is 13.2 Å². The highest BCUT2D eigenvalue weighted by atomic mass is 16.6. The van der Waals surface area contributed by atoms with E-state index in [2.05, 4.69) is 12.2 Å². The summed E-state index contributed by atoms with van der Waals surface area (Å²) in [6, 6.07) is -0.689. The number of esters is 1. The highest BCUT2D eigenvalue weighted by molar-refractivity contribution is 5.80. The van der Waals surface area contributed by atoms with E-state index in [9.17, 15) is 9.59 Å². The van der Waals surface area contributed by atoms with Gasteiger partial charge in [-0.25, -0.2) is 9.59 Å². The van der Waals surface area contributed by atoms with Crippen molar-refractivity contribution >= 4 is 12.1 Å². The number of unbranched alkanes of at least 4 members (excludes halogenated alkanes) is 9. The molecule has 0 aromatic rings. The Balaban J connectivity index is 3.56. The lowest BCUT2D eigenvalue weighted by molar-refractivity contribution is -0.145. The Morgan fingerprint density at radius 1 is 0.846 bits per heavy atom. The zero-order valence-electron chi connectivity index (χ0n) is 17.7. The molecular formula is C21H41NO4. The minimum Gasteiger partial charge on any atom is -0.464 e. The molecule has 0 fully saturated rings. The molecule has 0 aliphatic heterocycles. The van der Waals surface area contributed by atoms with E-state index >= 15 is 0 Å². The maximum atomic E-state index is 11.8. The summed E-state index contributed by atoms with van der Waals surface area (Å²) in [6.07, 6.45) is 11.8. The predicted molar refractivity (Wildman–Crippen MR) is 106 cm³/mol. The molecule has 0 radical (unpaired) electrons. The van der Waals surface area contributed by atoms with Crippen molar-refractivity contribution in [2.75, 3.05) is 13.2 Å². The van der Waals surface area contributed by atoms with Crippen molar-refractivity contribution in [1.82, 2.24) is 5.32 Å². The van der Waals surface area contributed by atoms with Crippen LogP contribution in [0.3, 0.4) is 0 Å². The molecule has 26 heavy (non-hydrogen) atoms. The molecule has 0 aliphatic rings. The van der Waals surface area contributed by atoms with Crippen LogP contribution in [0.1, 0.15) is 98.8 Å². The van der Waals surface area contributed by atoms with Gasteiger partial charge in [0, 0.05) is 0 Å². The minimum absolute atomic E-state index is 0.101. The number of alkyl carbamates (subject to hydrolysis) is 1.